The Labute approximate surface area is 118 Å². The van der Waals surface area contributed by atoms with Crippen LogP contribution in [-0.4, -0.2) is 28.1 Å². The number of benzene rings is 1. The first-order chi connectivity index (χ1) is 9.54. The molecule has 0 radical (unpaired) electrons. The zero-order valence-electron chi connectivity index (χ0n) is 11.6. The minimum atomic E-state index is -0.941. The monoisotopic (exact) mass is 279 g/mol. The van der Waals surface area contributed by atoms with E-state index < -0.39 is 17.9 Å². The van der Waals surface area contributed by atoms with Crippen molar-refractivity contribution >= 4 is 11.9 Å². The van der Waals surface area contributed by atoms with E-state index in [1.54, 1.807) is 12.1 Å². The Morgan fingerprint density at radius 2 is 1.95 bits per heavy atom. The SMILES string of the molecule is CCCCCC(CC(=O)O)NC(=O)c1ccccc1O. The summed E-state index contributed by atoms with van der Waals surface area (Å²) in [4.78, 5) is 22.9. The van der Waals surface area contributed by atoms with E-state index in [0.29, 0.717) is 6.42 Å². The van der Waals surface area contributed by atoms with Crippen LogP contribution in [0, 0.1) is 0 Å². The van der Waals surface area contributed by atoms with Crippen LogP contribution in [0.15, 0.2) is 24.3 Å². The van der Waals surface area contributed by atoms with Crippen molar-refractivity contribution in [2.24, 2.45) is 0 Å². The van der Waals surface area contributed by atoms with E-state index >= 15 is 0 Å². The predicted octanol–water partition coefficient (Wildman–Crippen LogP) is 2.55. The van der Waals surface area contributed by atoms with Gasteiger partial charge in [-0.15, -0.1) is 0 Å². The minimum Gasteiger partial charge on any atom is -0.507 e. The first-order valence-electron chi connectivity index (χ1n) is 6.85. The fourth-order valence-corrected chi connectivity index (χ4v) is 2.01. The third kappa shape index (κ3) is 5.30. The number of para-hydroxylation sites is 1. The van der Waals surface area contributed by atoms with Crippen molar-refractivity contribution in [1.82, 2.24) is 5.32 Å². The van der Waals surface area contributed by atoms with Crippen molar-refractivity contribution in [2.75, 3.05) is 0 Å². The number of unbranched alkanes of at least 4 members (excludes halogenated alkanes) is 2. The Morgan fingerprint density at radius 3 is 2.55 bits per heavy atom. The van der Waals surface area contributed by atoms with Gasteiger partial charge in [0.25, 0.3) is 5.91 Å². The van der Waals surface area contributed by atoms with Crippen LogP contribution in [-0.2, 0) is 4.79 Å². The molecule has 0 aliphatic rings. The van der Waals surface area contributed by atoms with Crippen molar-refractivity contribution in [3.8, 4) is 5.75 Å². The highest BCUT2D eigenvalue weighted by molar-refractivity contribution is 5.97. The average molecular weight is 279 g/mol. The van der Waals surface area contributed by atoms with E-state index in [2.05, 4.69) is 12.2 Å². The first kappa shape index (κ1) is 16.0. The average Bonchev–Trinajstić information content (AvgIpc) is 2.38. The van der Waals surface area contributed by atoms with E-state index in [1.165, 1.54) is 12.1 Å². The molecule has 0 heterocycles. The molecule has 0 aliphatic heterocycles. The standard InChI is InChI=1S/C15H21NO4/c1-2-3-4-7-11(10-14(18)19)16-15(20)12-8-5-6-9-13(12)17/h5-6,8-9,11,17H,2-4,7,10H2,1H3,(H,16,20)(H,18,19). The quantitative estimate of drug-likeness (QED) is 0.638. The van der Waals surface area contributed by atoms with Crippen LogP contribution < -0.4 is 5.32 Å². The number of aliphatic carboxylic acids is 1. The summed E-state index contributed by atoms with van der Waals surface area (Å²) in [6.07, 6.45) is 3.42. The van der Waals surface area contributed by atoms with E-state index in [4.69, 9.17) is 5.11 Å². The summed E-state index contributed by atoms with van der Waals surface area (Å²) < 4.78 is 0. The van der Waals surface area contributed by atoms with Crippen molar-refractivity contribution in [1.29, 1.82) is 0 Å². The molecule has 0 bridgehead atoms. The molecule has 5 nitrogen and oxygen atoms in total. The lowest BCUT2D eigenvalue weighted by atomic mass is 10.0. The van der Waals surface area contributed by atoms with Crippen LogP contribution in [0.4, 0.5) is 0 Å². The maximum absolute atomic E-state index is 12.0. The van der Waals surface area contributed by atoms with Gasteiger partial charge in [-0.25, -0.2) is 0 Å². The Bertz CT molecular complexity index is 459. The number of phenolic OH excluding ortho intramolecular Hbond substituents is 1. The Balaban J connectivity index is 2.65. The van der Waals surface area contributed by atoms with Gasteiger partial charge in [-0.1, -0.05) is 38.3 Å². The molecule has 1 unspecified atom stereocenters. The predicted molar refractivity (Wildman–Crippen MR) is 75.8 cm³/mol. The number of carbonyl (C=O) groups excluding carboxylic acids is 1. The molecule has 5 heteroatoms. The minimum absolute atomic E-state index is 0.104. The number of amides is 1. The lowest BCUT2D eigenvalue weighted by Crippen LogP contribution is -2.36. The van der Waals surface area contributed by atoms with Crippen LogP contribution in [0.1, 0.15) is 49.4 Å². The summed E-state index contributed by atoms with van der Waals surface area (Å²) in [6.45, 7) is 2.06. The van der Waals surface area contributed by atoms with Gasteiger partial charge >= 0.3 is 5.97 Å². The molecule has 1 aromatic carbocycles. The summed E-state index contributed by atoms with van der Waals surface area (Å²) in [7, 11) is 0. The number of aromatic hydroxyl groups is 1. The summed E-state index contributed by atoms with van der Waals surface area (Å²) in [6, 6.07) is 5.80. The van der Waals surface area contributed by atoms with Crippen LogP contribution in [0.2, 0.25) is 0 Å². The van der Waals surface area contributed by atoms with Gasteiger partial charge in [-0.2, -0.15) is 0 Å². The molecule has 1 rings (SSSR count). The van der Waals surface area contributed by atoms with Gasteiger partial charge in [-0.05, 0) is 18.6 Å². The molecule has 0 saturated carbocycles. The third-order valence-electron chi connectivity index (χ3n) is 3.06. The van der Waals surface area contributed by atoms with Gasteiger partial charge in [0.15, 0.2) is 0 Å². The second-order valence-corrected chi connectivity index (χ2v) is 4.78. The molecule has 0 spiro atoms. The largest absolute Gasteiger partial charge is 0.507 e. The molecule has 0 fully saturated rings. The zero-order chi connectivity index (χ0) is 15.0. The molecule has 3 N–H and O–H groups in total. The topological polar surface area (TPSA) is 86.6 Å². The van der Waals surface area contributed by atoms with Crippen LogP contribution >= 0.6 is 0 Å². The number of carbonyl (C=O) groups is 2. The van der Waals surface area contributed by atoms with E-state index in [0.717, 1.165) is 19.3 Å². The molecular formula is C15H21NO4. The van der Waals surface area contributed by atoms with Gasteiger partial charge in [0, 0.05) is 6.04 Å². The van der Waals surface area contributed by atoms with Gasteiger partial charge < -0.3 is 15.5 Å². The number of hydrogen-bond acceptors (Lipinski definition) is 3. The smallest absolute Gasteiger partial charge is 0.305 e. The maximum atomic E-state index is 12.0. The number of carboxylic acid groups (broad SMARTS) is 1. The highest BCUT2D eigenvalue weighted by Gasteiger charge is 2.18. The molecule has 0 aliphatic carbocycles. The van der Waals surface area contributed by atoms with E-state index in [-0.39, 0.29) is 17.7 Å². The number of rotatable bonds is 8. The fourth-order valence-electron chi connectivity index (χ4n) is 2.01. The van der Waals surface area contributed by atoms with Gasteiger partial charge in [0.1, 0.15) is 5.75 Å². The fraction of sp³-hybridized carbons (Fsp3) is 0.467. The molecule has 1 amide bonds. The maximum Gasteiger partial charge on any atom is 0.305 e. The Kier molecular flexibility index (Phi) is 6.56. The first-order valence-corrected chi connectivity index (χ1v) is 6.85. The van der Waals surface area contributed by atoms with Crippen molar-refractivity contribution in [2.45, 2.75) is 45.1 Å². The lowest BCUT2D eigenvalue weighted by Gasteiger charge is -2.17. The van der Waals surface area contributed by atoms with Crippen molar-refractivity contribution < 1.29 is 19.8 Å². The van der Waals surface area contributed by atoms with Gasteiger partial charge in [0.05, 0.1) is 12.0 Å². The molecule has 1 atom stereocenters. The molecule has 0 aromatic heterocycles. The summed E-state index contributed by atoms with van der Waals surface area (Å²) >= 11 is 0. The second-order valence-electron chi connectivity index (χ2n) is 4.78. The highest BCUT2D eigenvalue weighted by Crippen LogP contribution is 2.16. The second kappa shape index (κ2) is 8.19. The molecule has 0 saturated heterocycles. The number of phenols is 1. The third-order valence-corrected chi connectivity index (χ3v) is 3.06. The Morgan fingerprint density at radius 1 is 1.25 bits per heavy atom. The number of hydrogen-bond donors (Lipinski definition) is 3. The summed E-state index contributed by atoms with van der Waals surface area (Å²) in [5.74, 6) is -1.48. The normalized spacial score (nSPS) is 11.8. The summed E-state index contributed by atoms with van der Waals surface area (Å²) in [5.41, 5.74) is 0.165. The van der Waals surface area contributed by atoms with E-state index in [1.807, 2.05) is 0 Å². The van der Waals surface area contributed by atoms with Gasteiger partial charge in [0.2, 0.25) is 0 Å². The van der Waals surface area contributed by atoms with Crippen LogP contribution in [0.3, 0.4) is 0 Å². The molecule has 110 valence electrons. The molecule has 20 heavy (non-hydrogen) atoms. The van der Waals surface area contributed by atoms with Crippen molar-refractivity contribution in [3.05, 3.63) is 29.8 Å². The lowest BCUT2D eigenvalue weighted by molar-refractivity contribution is -0.137. The highest BCUT2D eigenvalue weighted by atomic mass is 16.4. The summed E-state index contributed by atoms with van der Waals surface area (Å²) in [5, 5.41) is 21.2. The van der Waals surface area contributed by atoms with Crippen molar-refractivity contribution in [3.63, 3.8) is 0 Å². The molecular weight excluding hydrogens is 258 g/mol. The zero-order valence-corrected chi connectivity index (χ0v) is 11.6. The molecule has 1 aromatic rings. The Hall–Kier alpha value is -2.04. The van der Waals surface area contributed by atoms with Crippen LogP contribution in [0.25, 0.3) is 0 Å². The van der Waals surface area contributed by atoms with Gasteiger partial charge in [-0.3, -0.25) is 9.59 Å². The number of carboxylic acids is 1. The number of nitrogens with one attached hydrogen (secondary N) is 1. The van der Waals surface area contributed by atoms with E-state index in [9.17, 15) is 14.7 Å². The van der Waals surface area contributed by atoms with Crippen LogP contribution in [0.5, 0.6) is 5.75 Å².